The van der Waals surface area contributed by atoms with Crippen LogP contribution in [0.2, 0.25) is 0 Å². The summed E-state index contributed by atoms with van der Waals surface area (Å²) in [6, 6.07) is 13.8. The van der Waals surface area contributed by atoms with Crippen molar-refractivity contribution in [1.29, 1.82) is 0 Å². The second-order valence-electron chi connectivity index (χ2n) is 4.28. The fourth-order valence-corrected chi connectivity index (χ4v) is 2.16. The number of nitrogens with one attached hydrogen (secondary N) is 1. The van der Waals surface area contributed by atoms with Crippen molar-refractivity contribution < 1.29 is 4.42 Å². The van der Waals surface area contributed by atoms with E-state index in [9.17, 15) is 0 Å². The summed E-state index contributed by atoms with van der Waals surface area (Å²) in [6.45, 7) is 1.98. The Morgan fingerprint density at radius 1 is 1.16 bits per heavy atom. The molecular weight excluding hydrogens is 256 g/mol. The van der Waals surface area contributed by atoms with Gasteiger partial charge in [-0.2, -0.15) is 0 Å². The molecule has 1 N–H and O–H groups in total. The standard InChI is InChI=1S/C15H12N2OS/c1-10-7-8-18-14(10)15-16-12(9-13(19)17-15)11-5-3-2-4-6-11/h2-9H,1H3,(H,16,17,19). The van der Waals surface area contributed by atoms with Gasteiger partial charge in [0, 0.05) is 0 Å². The van der Waals surface area contributed by atoms with Crippen LogP contribution in [0.1, 0.15) is 5.56 Å². The van der Waals surface area contributed by atoms with Crippen molar-refractivity contribution in [3.05, 3.63) is 58.9 Å². The van der Waals surface area contributed by atoms with E-state index in [0.717, 1.165) is 22.6 Å². The van der Waals surface area contributed by atoms with E-state index in [0.29, 0.717) is 10.5 Å². The summed E-state index contributed by atoms with van der Waals surface area (Å²) < 4.78 is 6.00. The second-order valence-corrected chi connectivity index (χ2v) is 4.70. The number of furan rings is 1. The van der Waals surface area contributed by atoms with Crippen LogP contribution >= 0.6 is 12.2 Å². The summed E-state index contributed by atoms with van der Waals surface area (Å²) >= 11 is 5.23. The molecule has 0 amide bonds. The number of aromatic nitrogens is 2. The monoisotopic (exact) mass is 268 g/mol. The molecule has 0 unspecified atom stereocenters. The molecule has 2 aromatic heterocycles. The Morgan fingerprint density at radius 2 is 1.95 bits per heavy atom. The molecule has 3 nitrogen and oxygen atoms in total. The maximum atomic E-state index is 5.46. The third kappa shape index (κ3) is 2.35. The summed E-state index contributed by atoms with van der Waals surface area (Å²) in [7, 11) is 0. The van der Waals surface area contributed by atoms with E-state index in [-0.39, 0.29) is 0 Å². The van der Waals surface area contributed by atoms with Crippen LogP contribution in [-0.4, -0.2) is 9.97 Å². The Kier molecular flexibility index (Phi) is 3.01. The van der Waals surface area contributed by atoms with Crippen molar-refractivity contribution in [1.82, 2.24) is 9.97 Å². The molecule has 4 heteroatoms. The summed E-state index contributed by atoms with van der Waals surface area (Å²) in [6.07, 6.45) is 1.65. The lowest BCUT2D eigenvalue weighted by atomic mass is 10.1. The number of nitrogens with zero attached hydrogens (tertiary/aromatic N) is 1. The smallest absolute Gasteiger partial charge is 0.175 e. The fourth-order valence-electron chi connectivity index (χ4n) is 1.95. The topological polar surface area (TPSA) is 41.8 Å². The number of hydrogen-bond donors (Lipinski definition) is 1. The van der Waals surface area contributed by atoms with Gasteiger partial charge in [0.25, 0.3) is 0 Å². The van der Waals surface area contributed by atoms with Gasteiger partial charge in [-0.3, -0.25) is 0 Å². The second kappa shape index (κ2) is 4.82. The van der Waals surface area contributed by atoms with Crippen molar-refractivity contribution in [2.24, 2.45) is 0 Å². The normalized spacial score (nSPS) is 10.6. The van der Waals surface area contributed by atoms with E-state index in [1.54, 1.807) is 6.26 Å². The first kappa shape index (κ1) is 11.9. The zero-order chi connectivity index (χ0) is 13.2. The van der Waals surface area contributed by atoms with Gasteiger partial charge in [-0.1, -0.05) is 42.5 Å². The third-order valence-corrected chi connectivity index (χ3v) is 3.11. The van der Waals surface area contributed by atoms with Crippen molar-refractivity contribution in [3.8, 4) is 22.8 Å². The minimum absolute atomic E-state index is 0.545. The molecule has 0 aliphatic rings. The van der Waals surface area contributed by atoms with Gasteiger partial charge < -0.3 is 9.40 Å². The van der Waals surface area contributed by atoms with Crippen LogP contribution in [0.3, 0.4) is 0 Å². The van der Waals surface area contributed by atoms with E-state index in [4.69, 9.17) is 16.6 Å². The van der Waals surface area contributed by atoms with Gasteiger partial charge in [0.15, 0.2) is 11.6 Å². The lowest BCUT2D eigenvalue weighted by molar-refractivity contribution is 0.575. The SMILES string of the molecule is Cc1ccoc1-c1nc(=S)cc(-c2ccccc2)[nH]1. The Hall–Kier alpha value is -2.20. The highest BCUT2D eigenvalue weighted by Crippen LogP contribution is 2.24. The van der Waals surface area contributed by atoms with E-state index in [2.05, 4.69) is 9.97 Å². The Morgan fingerprint density at radius 3 is 2.63 bits per heavy atom. The van der Waals surface area contributed by atoms with Crippen LogP contribution in [0.5, 0.6) is 0 Å². The maximum Gasteiger partial charge on any atom is 0.175 e. The molecule has 0 aliphatic heterocycles. The number of aryl methyl sites for hydroxylation is 1. The molecular formula is C15H12N2OS. The van der Waals surface area contributed by atoms with Gasteiger partial charge in [0.05, 0.1) is 12.0 Å². The van der Waals surface area contributed by atoms with Crippen molar-refractivity contribution in [2.75, 3.05) is 0 Å². The maximum absolute atomic E-state index is 5.46. The molecule has 0 radical (unpaired) electrons. The predicted octanol–water partition coefficient (Wildman–Crippen LogP) is 4.37. The van der Waals surface area contributed by atoms with Crippen LogP contribution in [0.4, 0.5) is 0 Å². The number of rotatable bonds is 2. The Labute approximate surface area is 116 Å². The van der Waals surface area contributed by atoms with E-state index in [1.807, 2.05) is 49.4 Å². The molecule has 1 aromatic carbocycles. The number of benzene rings is 1. The molecule has 19 heavy (non-hydrogen) atoms. The molecule has 0 spiro atoms. The minimum atomic E-state index is 0.545. The van der Waals surface area contributed by atoms with Gasteiger partial charge in [0.1, 0.15) is 4.64 Å². The average Bonchev–Trinajstić information content (AvgIpc) is 2.85. The highest BCUT2D eigenvalue weighted by atomic mass is 32.1. The zero-order valence-corrected chi connectivity index (χ0v) is 11.2. The fraction of sp³-hybridized carbons (Fsp3) is 0.0667. The van der Waals surface area contributed by atoms with Gasteiger partial charge in [-0.15, -0.1) is 0 Å². The summed E-state index contributed by atoms with van der Waals surface area (Å²) in [5.74, 6) is 1.39. The van der Waals surface area contributed by atoms with E-state index >= 15 is 0 Å². The molecule has 2 heterocycles. The largest absolute Gasteiger partial charge is 0.461 e. The first-order valence-electron chi connectivity index (χ1n) is 5.95. The molecule has 94 valence electrons. The molecule has 0 saturated heterocycles. The lowest BCUT2D eigenvalue weighted by Gasteiger charge is -2.05. The lowest BCUT2D eigenvalue weighted by Crippen LogP contribution is -1.92. The summed E-state index contributed by atoms with van der Waals surface area (Å²) in [5, 5.41) is 0. The van der Waals surface area contributed by atoms with Crippen LogP contribution < -0.4 is 0 Å². The third-order valence-electron chi connectivity index (χ3n) is 2.90. The Balaban J connectivity index is 2.17. The summed E-state index contributed by atoms with van der Waals surface area (Å²) in [5.41, 5.74) is 3.04. The molecule has 0 fully saturated rings. The van der Waals surface area contributed by atoms with Crippen molar-refractivity contribution in [3.63, 3.8) is 0 Å². The van der Waals surface area contributed by atoms with Gasteiger partial charge in [-0.05, 0) is 30.2 Å². The first-order chi connectivity index (χ1) is 9.24. The number of H-pyrrole nitrogens is 1. The number of aromatic amines is 1. The van der Waals surface area contributed by atoms with Gasteiger partial charge in [-0.25, -0.2) is 4.98 Å². The van der Waals surface area contributed by atoms with Gasteiger partial charge in [0.2, 0.25) is 0 Å². The van der Waals surface area contributed by atoms with Crippen molar-refractivity contribution in [2.45, 2.75) is 6.92 Å². The van der Waals surface area contributed by atoms with E-state index < -0.39 is 0 Å². The molecule has 0 atom stereocenters. The highest BCUT2D eigenvalue weighted by Gasteiger charge is 2.09. The first-order valence-corrected chi connectivity index (χ1v) is 6.36. The molecule has 0 saturated carbocycles. The van der Waals surface area contributed by atoms with Crippen LogP contribution in [0.15, 0.2) is 53.1 Å². The Bertz CT molecular complexity index is 759. The van der Waals surface area contributed by atoms with Crippen LogP contribution in [-0.2, 0) is 0 Å². The molecule has 0 bridgehead atoms. The quantitative estimate of drug-likeness (QED) is 0.701. The molecule has 0 aliphatic carbocycles. The van der Waals surface area contributed by atoms with Crippen LogP contribution in [0, 0.1) is 11.6 Å². The minimum Gasteiger partial charge on any atom is -0.461 e. The highest BCUT2D eigenvalue weighted by molar-refractivity contribution is 7.71. The average molecular weight is 268 g/mol. The predicted molar refractivity (Wildman–Crippen MR) is 77.3 cm³/mol. The van der Waals surface area contributed by atoms with Crippen molar-refractivity contribution >= 4 is 12.2 Å². The van der Waals surface area contributed by atoms with Gasteiger partial charge >= 0.3 is 0 Å². The molecule has 3 aromatic rings. The summed E-state index contributed by atoms with van der Waals surface area (Å²) in [4.78, 5) is 7.60. The van der Waals surface area contributed by atoms with Crippen LogP contribution in [0.25, 0.3) is 22.8 Å². The molecule has 3 rings (SSSR count). The van der Waals surface area contributed by atoms with E-state index in [1.165, 1.54) is 0 Å². The number of hydrogen-bond acceptors (Lipinski definition) is 3. The zero-order valence-electron chi connectivity index (χ0n) is 10.4.